The smallest absolute Gasteiger partial charge is 0.139 e. The maximum atomic E-state index is 11.8. The van der Waals surface area contributed by atoms with Crippen molar-refractivity contribution in [3.63, 3.8) is 0 Å². The van der Waals surface area contributed by atoms with Gasteiger partial charge in [0.1, 0.15) is 5.78 Å². The van der Waals surface area contributed by atoms with Crippen LogP contribution < -0.4 is 0 Å². The molecule has 3 aliphatic rings. The zero-order valence-corrected chi connectivity index (χ0v) is 9.34. The highest BCUT2D eigenvalue weighted by molar-refractivity contribution is 5.84. The topological polar surface area (TPSA) is 37.3 Å². The molecule has 0 aliphatic heterocycles. The van der Waals surface area contributed by atoms with Gasteiger partial charge in [0.25, 0.3) is 0 Å². The van der Waals surface area contributed by atoms with Gasteiger partial charge in [0.2, 0.25) is 0 Å². The van der Waals surface area contributed by atoms with E-state index in [1.54, 1.807) is 0 Å². The van der Waals surface area contributed by atoms with Crippen molar-refractivity contribution in [2.75, 3.05) is 0 Å². The van der Waals surface area contributed by atoms with Gasteiger partial charge in [-0.3, -0.25) is 4.79 Å². The maximum Gasteiger partial charge on any atom is 0.139 e. The molecular formula is C12H20O2. The fourth-order valence-corrected chi connectivity index (χ4v) is 3.49. The normalized spacial score (nSPS) is 47.5. The summed E-state index contributed by atoms with van der Waals surface area (Å²) in [5.74, 6) is 0.712. The largest absolute Gasteiger partial charge is 0.389 e. The molecule has 2 heteroatoms. The number of hydrogen-bond donors (Lipinski definition) is 1. The highest BCUT2D eigenvalue weighted by Crippen LogP contribution is 2.56. The van der Waals surface area contributed by atoms with Crippen LogP contribution in [0.15, 0.2) is 0 Å². The van der Waals surface area contributed by atoms with Crippen molar-refractivity contribution < 1.29 is 9.90 Å². The van der Waals surface area contributed by atoms with E-state index in [1.165, 1.54) is 0 Å². The molecule has 2 bridgehead atoms. The van der Waals surface area contributed by atoms with E-state index >= 15 is 0 Å². The van der Waals surface area contributed by atoms with Gasteiger partial charge >= 0.3 is 0 Å². The van der Waals surface area contributed by atoms with E-state index in [1.807, 2.05) is 6.92 Å². The molecule has 80 valence electrons. The van der Waals surface area contributed by atoms with Crippen molar-refractivity contribution in [1.29, 1.82) is 0 Å². The quantitative estimate of drug-likeness (QED) is 0.697. The number of ketones is 1. The second-order valence-corrected chi connectivity index (χ2v) is 5.79. The van der Waals surface area contributed by atoms with Gasteiger partial charge < -0.3 is 5.11 Å². The Morgan fingerprint density at radius 2 is 2.14 bits per heavy atom. The number of carbonyl (C=O) groups is 1. The first-order valence-electron chi connectivity index (χ1n) is 5.62. The SMILES string of the molecule is CC(C)[C@@]12CC[C@@H](C(=O)C1)[C@@](C)(O)C2. The van der Waals surface area contributed by atoms with Crippen LogP contribution in [0.3, 0.4) is 0 Å². The van der Waals surface area contributed by atoms with Gasteiger partial charge in [-0.25, -0.2) is 0 Å². The Bertz CT molecular complexity index is 267. The van der Waals surface area contributed by atoms with Crippen LogP contribution in [0.2, 0.25) is 0 Å². The summed E-state index contributed by atoms with van der Waals surface area (Å²) in [7, 11) is 0. The average Bonchev–Trinajstić information content (AvgIpc) is 2.01. The summed E-state index contributed by atoms with van der Waals surface area (Å²) in [6.07, 6.45) is 3.53. The van der Waals surface area contributed by atoms with Crippen molar-refractivity contribution >= 4 is 5.78 Å². The third kappa shape index (κ3) is 1.23. The van der Waals surface area contributed by atoms with Crippen molar-refractivity contribution in [3.8, 4) is 0 Å². The molecule has 3 fully saturated rings. The zero-order chi connectivity index (χ0) is 10.6. The predicted octanol–water partition coefficient (Wildman–Crippen LogP) is 2.15. The van der Waals surface area contributed by atoms with Crippen LogP contribution in [0.5, 0.6) is 0 Å². The first kappa shape index (κ1) is 10.2. The van der Waals surface area contributed by atoms with Crippen molar-refractivity contribution in [2.45, 2.75) is 52.1 Å². The summed E-state index contributed by atoms with van der Waals surface area (Å²) in [4.78, 5) is 11.8. The molecular weight excluding hydrogens is 176 g/mol. The molecule has 2 nitrogen and oxygen atoms in total. The molecule has 0 amide bonds. The van der Waals surface area contributed by atoms with Crippen LogP contribution in [-0.2, 0) is 4.79 Å². The molecule has 14 heavy (non-hydrogen) atoms. The molecule has 1 N–H and O–H groups in total. The molecule has 3 saturated carbocycles. The molecule has 3 aliphatic carbocycles. The molecule has 0 aromatic carbocycles. The summed E-state index contributed by atoms with van der Waals surface area (Å²) >= 11 is 0. The second-order valence-electron chi connectivity index (χ2n) is 5.79. The lowest BCUT2D eigenvalue weighted by atomic mass is 9.51. The number of Topliss-reactive ketones (excluding diaryl/α,β-unsaturated/α-hetero) is 1. The van der Waals surface area contributed by atoms with Gasteiger partial charge in [0.05, 0.1) is 5.60 Å². The lowest BCUT2D eigenvalue weighted by molar-refractivity contribution is -0.165. The fraction of sp³-hybridized carbons (Fsp3) is 0.917. The van der Waals surface area contributed by atoms with Gasteiger partial charge in [0.15, 0.2) is 0 Å². The molecule has 0 aromatic rings. The lowest BCUT2D eigenvalue weighted by Crippen LogP contribution is -2.56. The van der Waals surface area contributed by atoms with Crippen LogP contribution in [0, 0.1) is 17.3 Å². The first-order chi connectivity index (χ1) is 6.37. The zero-order valence-electron chi connectivity index (χ0n) is 9.34. The predicted molar refractivity (Wildman–Crippen MR) is 54.9 cm³/mol. The molecule has 0 radical (unpaired) electrons. The third-order valence-corrected chi connectivity index (χ3v) is 4.53. The van der Waals surface area contributed by atoms with Gasteiger partial charge in [-0.05, 0) is 37.5 Å². The summed E-state index contributed by atoms with van der Waals surface area (Å²) in [6.45, 7) is 6.19. The molecule has 0 spiro atoms. The Morgan fingerprint density at radius 1 is 1.50 bits per heavy atom. The van der Waals surface area contributed by atoms with Gasteiger partial charge in [-0.1, -0.05) is 13.8 Å². The fourth-order valence-electron chi connectivity index (χ4n) is 3.49. The van der Waals surface area contributed by atoms with Crippen LogP contribution in [-0.4, -0.2) is 16.5 Å². The molecule has 0 unspecified atom stereocenters. The molecule has 3 atom stereocenters. The number of carbonyl (C=O) groups excluding carboxylic acids is 1. The average molecular weight is 196 g/mol. The molecule has 0 saturated heterocycles. The van der Waals surface area contributed by atoms with E-state index < -0.39 is 5.60 Å². The first-order valence-corrected chi connectivity index (χ1v) is 5.62. The molecule has 0 heterocycles. The number of aliphatic hydroxyl groups is 1. The Balaban J connectivity index is 2.34. The Labute approximate surface area is 85.7 Å². The van der Waals surface area contributed by atoms with E-state index in [0.717, 1.165) is 19.3 Å². The van der Waals surface area contributed by atoms with Gasteiger partial charge in [-0.2, -0.15) is 0 Å². The van der Waals surface area contributed by atoms with E-state index in [-0.39, 0.29) is 11.3 Å². The summed E-state index contributed by atoms with van der Waals surface area (Å²) in [5.41, 5.74) is -0.646. The van der Waals surface area contributed by atoms with Crippen molar-refractivity contribution in [2.24, 2.45) is 17.3 Å². The van der Waals surface area contributed by atoms with Gasteiger partial charge in [0, 0.05) is 12.3 Å². The highest BCUT2D eigenvalue weighted by Gasteiger charge is 2.56. The standard InChI is InChI=1S/C12H20O2/c1-8(2)12-5-4-9(10(13)6-12)11(3,14)7-12/h8-9,14H,4-7H2,1-3H3/t9-,11-,12-/m0/s1. The third-order valence-electron chi connectivity index (χ3n) is 4.53. The van der Waals surface area contributed by atoms with E-state index in [9.17, 15) is 9.90 Å². The highest BCUT2D eigenvalue weighted by atomic mass is 16.3. The minimum absolute atomic E-state index is 0.0804. The minimum atomic E-state index is -0.738. The van der Waals surface area contributed by atoms with Crippen LogP contribution in [0.1, 0.15) is 46.5 Å². The molecule has 0 aromatic heterocycles. The van der Waals surface area contributed by atoms with Crippen molar-refractivity contribution in [3.05, 3.63) is 0 Å². The van der Waals surface area contributed by atoms with Crippen LogP contribution >= 0.6 is 0 Å². The second kappa shape index (κ2) is 2.82. The summed E-state index contributed by atoms with van der Waals surface area (Å²) in [5, 5.41) is 10.2. The summed E-state index contributed by atoms with van der Waals surface area (Å²) in [6, 6.07) is 0. The minimum Gasteiger partial charge on any atom is -0.389 e. The summed E-state index contributed by atoms with van der Waals surface area (Å²) < 4.78 is 0. The van der Waals surface area contributed by atoms with Crippen LogP contribution in [0.25, 0.3) is 0 Å². The van der Waals surface area contributed by atoms with E-state index in [4.69, 9.17) is 0 Å². The Hall–Kier alpha value is -0.370. The monoisotopic (exact) mass is 196 g/mol. The number of hydrogen-bond acceptors (Lipinski definition) is 2. The Morgan fingerprint density at radius 3 is 2.57 bits per heavy atom. The Kier molecular flexibility index (Phi) is 2.04. The van der Waals surface area contributed by atoms with Gasteiger partial charge in [-0.15, -0.1) is 0 Å². The number of fused-ring (bicyclic) bond motifs is 3. The molecule has 3 rings (SSSR count). The lowest BCUT2D eigenvalue weighted by Gasteiger charge is -2.55. The van der Waals surface area contributed by atoms with Crippen LogP contribution in [0.4, 0.5) is 0 Å². The van der Waals surface area contributed by atoms with E-state index in [0.29, 0.717) is 18.1 Å². The maximum absolute atomic E-state index is 11.8. The van der Waals surface area contributed by atoms with Crippen molar-refractivity contribution in [1.82, 2.24) is 0 Å². The number of rotatable bonds is 1. The van der Waals surface area contributed by atoms with E-state index in [2.05, 4.69) is 13.8 Å².